The number of aldehydes is 1. The van der Waals surface area contributed by atoms with Crippen LogP contribution in [0.5, 0.6) is 0 Å². The summed E-state index contributed by atoms with van der Waals surface area (Å²) in [4.78, 5) is 12.4. The van der Waals surface area contributed by atoms with E-state index in [1.54, 1.807) is 0 Å². The van der Waals surface area contributed by atoms with Gasteiger partial charge in [0.05, 0.1) is 6.54 Å². The molecular weight excluding hydrogens is 210 g/mol. The average molecular weight is 227 g/mol. The van der Waals surface area contributed by atoms with Gasteiger partial charge in [0.1, 0.15) is 6.29 Å². The first-order valence-electron chi connectivity index (χ1n) is 5.80. The minimum absolute atomic E-state index is 0.478. The van der Waals surface area contributed by atoms with Crippen molar-refractivity contribution < 1.29 is 4.79 Å². The van der Waals surface area contributed by atoms with Crippen molar-refractivity contribution in [2.75, 3.05) is 13.6 Å². The monoisotopic (exact) mass is 227 g/mol. The Morgan fingerprint density at radius 3 is 2.59 bits per heavy atom. The maximum atomic E-state index is 10.4. The van der Waals surface area contributed by atoms with E-state index in [0.29, 0.717) is 6.54 Å². The summed E-state index contributed by atoms with van der Waals surface area (Å²) in [6, 6.07) is 12.9. The summed E-state index contributed by atoms with van der Waals surface area (Å²) in [6.45, 7) is 3.39. The highest BCUT2D eigenvalue weighted by Gasteiger charge is 2.01. The van der Waals surface area contributed by atoms with Crippen molar-refractivity contribution in [3.63, 3.8) is 0 Å². The zero-order valence-corrected chi connectivity index (χ0v) is 10.3. The highest BCUT2D eigenvalue weighted by molar-refractivity contribution is 5.83. The van der Waals surface area contributed by atoms with E-state index >= 15 is 0 Å². The third kappa shape index (κ3) is 2.92. The van der Waals surface area contributed by atoms with Crippen LogP contribution in [0, 0.1) is 6.92 Å². The molecule has 17 heavy (non-hydrogen) atoms. The molecule has 0 heterocycles. The van der Waals surface area contributed by atoms with Gasteiger partial charge in [-0.25, -0.2) is 0 Å². The van der Waals surface area contributed by atoms with Gasteiger partial charge < -0.3 is 4.79 Å². The second-order valence-corrected chi connectivity index (χ2v) is 4.55. The molecule has 2 aromatic rings. The minimum atomic E-state index is 0.478. The largest absolute Gasteiger partial charge is 0.302 e. The van der Waals surface area contributed by atoms with Gasteiger partial charge in [-0.15, -0.1) is 0 Å². The molecule has 0 N–H and O–H groups in total. The lowest BCUT2D eigenvalue weighted by Crippen LogP contribution is -2.19. The van der Waals surface area contributed by atoms with Gasteiger partial charge in [0, 0.05) is 6.54 Å². The molecule has 2 nitrogen and oxygen atoms in total. The van der Waals surface area contributed by atoms with Gasteiger partial charge in [-0.05, 0) is 36.4 Å². The summed E-state index contributed by atoms with van der Waals surface area (Å²) in [5.41, 5.74) is 2.52. The molecule has 0 aliphatic heterocycles. The SMILES string of the molecule is Cc1ccc2cc(CN(C)CC=O)ccc2c1. The van der Waals surface area contributed by atoms with Gasteiger partial charge in [-0.1, -0.05) is 35.9 Å². The first-order valence-corrected chi connectivity index (χ1v) is 5.80. The second kappa shape index (κ2) is 5.11. The predicted octanol–water partition coefficient (Wildman–Crippen LogP) is 2.78. The van der Waals surface area contributed by atoms with Crippen molar-refractivity contribution in [3.8, 4) is 0 Å². The zero-order valence-electron chi connectivity index (χ0n) is 10.3. The summed E-state index contributed by atoms with van der Waals surface area (Å²) in [5, 5.41) is 2.53. The fourth-order valence-electron chi connectivity index (χ4n) is 2.02. The van der Waals surface area contributed by atoms with Gasteiger partial charge in [0.2, 0.25) is 0 Å². The average Bonchev–Trinajstić information content (AvgIpc) is 2.29. The molecule has 0 saturated carbocycles. The first kappa shape index (κ1) is 11.8. The molecule has 0 amide bonds. The van der Waals surface area contributed by atoms with Crippen LogP contribution >= 0.6 is 0 Å². The van der Waals surface area contributed by atoms with Gasteiger partial charge in [0.15, 0.2) is 0 Å². The van der Waals surface area contributed by atoms with E-state index in [-0.39, 0.29) is 0 Å². The molecule has 0 unspecified atom stereocenters. The van der Waals surface area contributed by atoms with Crippen LogP contribution in [0.15, 0.2) is 36.4 Å². The van der Waals surface area contributed by atoms with Gasteiger partial charge in [-0.3, -0.25) is 4.90 Å². The minimum Gasteiger partial charge on any atom is -0.302 e. The first-order chi connectivity index (χ1) is 8.19. The molecular formula is C15H17NO. The van der Waals surface area contributed by atoms with Crippen LogP contribution in [0.1, 0.15) is 11.1 Å². The summed E-state index contributed by atoms with van der Waals surface area (Å²) in [5.74, 6) is 0. The number of hydrogen-bond acceptors (Lipinski definition) is 2. The molecule has 0 saturated heterocycles. The summed E-state index contributed by atoms with van der Waals surface area (Å²) in [6.07, 6.45) is 0.935. The number of carbonyl (C=O) groups is 1. The molecule has 0 fully saturated rings. The lowest BCUT2D eigenvalue weighted by Gasteiger charge is -2.13. The van der Waals surface area contributed by atoms with E-state index in [1.807, 2.05) is 11.9 Å². The Kier molecular flexibility index (Phi) is 3.55. The lowest BCUT2D eigenvalue weighted by molar-refractivity contribution is -0.108. The van der Waals surface area contributed by atoms with E-state index in [9.17, 15) is 4.79 Å². The standard InChI is InChI=1S/C15H17NO/c1-12-3-5-15-10-13(4-6-14(15)9-12)11-16(2)7-8-17/h3-6,8-10H,7,11H2,1-2H3. The molecule has 0 aliphatic carbocycles. The molecule has 0 spiro atoms. The van der Waals surface area contributed by atoms with E-state index < -0.39 is 0 Å². The van der Waals surface area contributed by atoms with Gasteiger partial charge in [-0.2, -0.15) is 0 Å². The maximum absolute atomic E-state index is 10.4. The van der Waals surface area contributed by atoms with E-state index in [2.05, 4.69) is 43.3 Å². The Morgan fingerprint density at radius 2 is 1.82 bits per heavy atom. The van der Waals surface area contributed by atoms with Crippen molar-refractivity contribution in [1.29, 1.82) is 0 Å². The highest BCUT2D eigenvalue weighted by Crippen LogP contribution is 2.18. The molecule has 0 bridgehead atoms. The quantitative estimate of drug-likeness (QED) is 0.749. The van der Waals surface area contributed by atoms with E-state index in [0.717, 1.165) is 12.8 Å². The van der Waals surface area contributed by atoms with Gasteiger partial charge >= 0.3 is 0 Å². The number of hydrogen-bond donors (Lipinski definition) is 0. The van der Waals surface area contributed by atoms with Crippen molar-refractivity contribution >= 4 is 17.1 Å². The molecule has 0 atom stereocenters. The van der Waals surface area contributed by atoms with Crippen LogP contribution < -0.4 is 0 Å². The maximum Gasteiger partial charge on any atom is 0.133 e. The molecule has 2 heteroatoms. The topological polar surface area (TPSA) is 20.3 Å². The van der Waals surface area contributed by atoms with Crippen LogP contribution in [0.3, 0.4) is 0 Å². The smallest absolute Gasteiger partial charge is 0.133 e. The van der Waals surface area contributed by atoms with Crippen molar-refractivity contribution in [2.45, 2.75) is 13.5 Å². The Morgan fingerprint density at radius 1 is 1.12 bits per heavy atom. The Balaban J connectivity index is 2.25. The van der Waals surface area contributed by atoms with Crippen molar-refractivity contribution in [2.24, 2.45) is 0 Å². The third-order valence-electron chi connectivity index (χ3n) is 2.90. The Labute approximate surface area is 102 Å². The predicted molar refractivity (Wildman–Crippen MR) is 71.1 cm³/mol. The lowest BCUT2D eigenvalue weighted by atomic mass is 10.0. The summed E-state index contributed by atoms with van der Waals surface area (Å²) < 4.78 is 0. The van der Waals surface area contributed by atoms with Crippen LogP contribution in [0.4, 0.5) is 0 Å². The molecule has 88 valence electrons. The van der Waals surface area contributed by atoms with Crippen molar-refractivity contribution in [3.05, 3.63) is 47.5 Å². The second-order valence-electron chi connectivity index (χ2n) is 4.55. The van der Waals surface area contributed by atoms with Crippen LogP contribution in [0.25, 0.3) is 10.8 Å². The number of aryl methyl sites for hydroxylation is 1. The summed E-state index contributed by atoms with van der Waals surface area (Å²) in [7, 11) is 1.95. The van der Waals surface area contributed by atoms with E-state index in [4.69, 9.17) is 0 Å². The molecule has 0 aromatic heterocycles. The fourth-order valence-corrected chi connectivity index (χ4v) is 2.02. The number of fused-ring (bicyclic) bond motifs is 1. The van der Waals surface area contributed by atoms with Crippen LogP contribution in [0.2, 0.25) is 0 Å². The van der Waals surface area contributed by atoms with Crippen LogP contribution in [-0.2, 0) is 11.3 Å². The number of nitrogens with zero attached hydrogens (tertiary/aromatic N) is 1. The summed E-state index contributed by atoms with van der Waals surface area (Å²) >= 11 is 0. The fraction of sp³-hybridized carbons (Fsp3) is 0.267. The zero-order chi connectivity index (χ0) is 12.3. The highest BCUT2D eigenvalue weighted by atomic mass is 16.1. The molecule has 2 aromatic carbocycles. The molecule has 0 radical (unpaired) electrons. The van der Waals surface area contributed by atoms with Crippen molar-refractivity contribution in [1.82, 2.24) is 4.90 Å². The third-order valence-corrected chi connectivity index (χ3v) is 2.90. The number of rotatable bonds is 4. The molecule has 0 aliphatic rings. The number of benzene rings is 2. The molecule has 2 rings (SSSR count). The Bertz CT molecular complexity index is 533. The van der Waals surface area contributed by atoms with Crippen LogP contribution in [-0.4, -0.2) is 24.8 Å². The normalized spacial score (nSPS) is 11.0. The van der Waals surface area contributed by atoms with E-state index in [1.165, 1.54) is 21.9 Å². The number of carbonyl (C=O) groups excluding carboxylic acids is 1. The number of likely N-dealkylation sites (N-methyl/N-ethyl adjacent to an activating group) is 1. The van der Waals surface area contributed by atoms with Gasteiger partial charge in [0.25, 0.3) is 0 Å². The Hall–Kier alpha value is -1.67.